The Bertz CT molecular complexity index is 702. The van der Waals surface area contributed by atoms with Gasteiger partial charge in [-0.1, -0.05) is 37.1 Å². The fraction of sp³-hybridized carbons (Fsp3) is 0.474. The average Bonchev–Trinajstić information content (AvgIpc) is 2.63. The van der Waals surface area contributed by atoms with Crippen LogP contribution in [0.25, 0.3) is 0 Å². The first kappa shape index (κ1) is 15.4. The van der Waals surface area contributed by atoms with E-state index in [1.807, 2.05) is 12.3 Å². The minimum absolute atomic E-state index is 0.202. The van der Waals surface area contributed by atoms with Gasteiger partial charge in [-0.05, 0) is 36.5 Å². The van der Waals surface area contributed by atoms with E-state index in [2.05, 4.69) is 39.5 Å². The molecule has 3 N–H and O–H groups in total. The van der Waals surface area contributed by atoms with Gasteiger partial charge in [0, 0.05) is 31.4 Å². The van der Waals surface area contributed by atoms with Gasteiger partial charge in [0.1, 0.15) is 5.82 Å². The molecule has 5 heteroatoms. The predicted octanol–water partition coefficient (Wildman–Crippen LogP) is 2.72. The molecule has 0 unspecified atom stereocenters. The average molecular weight is 323 g/mol. The Labute approximate surface area is 143 Å². The Hall–Kier alpha value is -2.14. The van der Waals surface area contributed by atoms with E-state index in [0.717, 1.165) is 38.2 Å². The van der Waals surface area contributed by atoms with Crippen LogP contribution in [-0.2, 0) is 13.0 Å². The number of anilines is 2. The zero-order valence-electron chi connectivity index (χ0n) is 14.0. The molecule has 0 radical (unpaired) electrons. The van der Waals surface area contributed by atoms with Crippen molar-refractivity contribution in [1.82, 2.24) is 9.97 Å². The zero-order chi connectivity index (χ0) is 16.4. The molecule has 1 aliphatic carbocycles. The van der Waals surface area contributed by atoms with E-state index in [1.54, 1.807) is 0 Å². The van der Waals surface area contributed by atoms with Crippen LogP contribution in [0.5, 0.6) is 0 Å². The van der Waals surface area contributed by atoms with Gasteiger partial charge in [-0.3, -0.25) is 0 Å². The second-order valence-electron chi connectivity index (χ2n) is 6.88. The van der Waals surface area contributed by atoms with E-state index in [0.29, 0.717) is 5.95 Å². The van der Waals surface area contributed by atoms with Crippen molar-refractivity contribution in [2.45, 2.75) is 50.7 Å². The van der Waals surface area contributed by atoms with Crippen molar-refractivity contribution in [3.05, 3.63) is 47.7 Å². The lowest BCUT2D eigenvalue weighted by Gasteiger charge is -2.31. The lowest BCUT2D eigenvalue weighted by Crippen LogP contribution is -2.43. The van der Waals surface area contributed by atoms with Crippen molar-refractivity contribution >= 4 is 11.8 Å². The van der Waals surface area contributed by atoms with Gasteiger partial charge in [-0.15, -0.1) is 0 Å². The fourth-order valence-corrected chi connectivity index (χ4v) is 3.79. The molecule has 2 aromatic rings. The molecule has 126 valence electrons. The van der Waals surface area contributed by atoms with Crippen molar-refractivity contribution in [3.8, 4) is 0 Å². The molecule has 2 aliphatic rings. The van der Waals surface area contributed by atoms with Gasteiger partial charge >= 0.3 is 0 Å². The molecule has 2 heterocycles. The van der Waals surface area contributed by atoms with Crippen LogP contribution in [0.4, 0.5) is 11.8 Å². The largest absolute Gasteiger partial charge is 0.352 e. The molecule has 1 fully saturated rings. The number of hydrogen-bond donors (Lipinski definition) is 2. The number of nitrogens with zero attached hydrogens (tertiary/aromatic N) is 3. The van der Waals surface area contributed by atoms with Crippen LogP contribution in [0.15, 0.2) is 36.5 Å². The maximum Gasteiger partial charge on any atom is 0.224 e. The highest BCUT2D eigenvalue weighted by Crippen LogP contribution is 2.24. The molecular weight excluding hydrogens is 298 g/mol. The summed E-state index contributed by atoms with van der Waals surface area (Å²) < 4.78 is 0. The predicted molar refractivity (Wildman–Crippen MR) is 97.1 cm³/mol. The second kappa shape index (κ2) is 6.77. The molecule has 1 aliphatic heterocycles. The highest BCUT2D eigenvalue weighted by molar-refractivity contribution is 5.46. The van der Waals surface area contributed by atoms with E-state index in [-0.39, 0.29) is 12.1 Å². The van der Waals surface area contributed by atoms with Crippen molar-refractivity contribution in [2.24, 2.45) is 5.73 Å². The minimum Gasteiger partial charge on any atom is -0.352 e. The second-order valence-corrected chi connectivity index (χ2v) is 6.88. The highest BCUT2D eigenvalue weighted by Gasteiger charge is 2.23. The van der Waals surface area contributed by atoms with Crippen LogP contribution in [0.2, 0.25) is 0 Å². The van der Waals surface area contributed by atoms with Crippen LogP contribution in [0.1, 0.15) is 36.8 Å². The number of fused-ring (bicyclic) bond motifs is 1. The third kappa shape index (κ3) is 3.22. The Morgan fingerprint density at radius 2 is 1.92 bits per heavy atom. The van der Waals surface area contributed by atoms with Crippen LogP contribution in [0, 0.1) is 0 Å². The zero-order valence-corrected chi connectivity index (χ0v) is 14.0. The summed E-state index contributed by atoms with van der Waals surface area (Å²) in [6, 6.07) is 11.2. The molecule has 24 heavy (non-hydrogen) atoms. The SMILES string of the molecule is N[C@@H]1CCCC[C@H]1Nc1nccc(N2CCc3ccccc3C2)n1. The number of nitrogens with one attached hydrogen (secondary N) is 1. The number of hydrogen-bond acceptors (Lipinski definition) is 5. The van der Waals surface area contributed by atoms with Gasteiger partial charge in [0.25, 0.3) is 0 Å². The maximum absolute atomic E-state index is 6.23. The number of benzene rings is 1. The summed E-state index contributed by atoms with van der Waals surface area (Å²) in [5.74, 6) is 1.69. The Morgan fingerprint density at radius 1 is 1.08 bits per heavy atom. The first-order valence-corrected chi connectivity index (χ1v) is 8.96. The summed E-state index contributed by atoms with van der Waals surface area (Å²) in [5, 5.41) is 3.46. The molecule has 5 nitrogen and oxygen atoms in total. The first-order chi connectivity index (χ1) is 11.8. The van der Waals surface area contributed by atoms with Gasteiger partial charge in [-0.2, -0.15) is 4.98 Å². The summed E-state index contributed by atoms with van der Waals surface area (Å²) in [7, 11) is 0. The molecule has 0 saturated heterocycles. The standard InChI is InChI=1S/C19H25N5/c20-16-7-3-4-8-17(16)22-19-21-11-9-18(23-19)24-12-10-14-5-1-2-6-15(14)13-24/h1-2,5-6,9,11,16-17H,3-4,7-8,10,12-13,20H2,(H,21,22,23)/t16-,17-/m1/s1. The molecule has 0 bridgehead atoms. The number of aromatic nitrogens is 2. The van der Waals surface area contributed by atoms with Gasteiger partial charge in [0.15, 0.2) is 0 Å². The highest BCUT2D eigenvalue weighted by atomic mass is 15.2. The van der Waals surface area contributed by atoms with Gasteiger partial charge in [-0.25, -0.2) is 4.98 Å². The fourth-order valence-electron chi connectivity index (χ4n) is 3.79. The van der Waals surface area contributed by atoms with E-state index < -0.39 is 0 Å². The summed E-state index contributed by atoms with van der Waals surface area (Å²) in [6.45, 7) is 1.91. The van der Waals surface area contributed by atoms with Crippen LogP contribution >= 0.6 is 0 Å². The van der Waals surface area contributed by atoms with Gasteiger partial charge in [0.2, 0.25) is 5.95 Å². The third-order valence-corrected chi connectivity index (χ3v) is 5.23. The molecule has 1 saturated carbocycles. The van der Waals surface area contributed by atoms with Crippen molar-refractivity contribution < 1.29 is 0 Å². The topological polar surface area (TPSA) is 67.1 Å². The quantitative estimate of drug-likeness (QED) is 0.909. The lowest BCUT2D eigenvalue weighted by molar-refractivity contribution is 0.402. The summed E-state index contributed by atoms with van der Waals surface area (Å²) >= 11 is 0. The summed E-state index contributed by atoms with van der Waals surface area (Å²) in [4.78, 5) is 11.5. The van der Waals surface area contributed by atoms with E-state index in [9.17, 15) is 0 Å². The third-order valence-electron chi connectivity index (χ3n) is 5.23. The van der Waals surface area contributed by atoms with Crippen LogP contribution in [0.3, 0.4) is 0 Å². The molecule has 1 aromatic heterocycles. The van der Waals surface area contributed by atoms with Crippen molar-refractivity contribution in [2.75, 3.05) is 16.8 Å². The molecule has 4 rings (SSSR count). The monoisotopic (exact) mass is 323 g/mol. The number of nitrogens with two attached hydrogens (primary N) is 1. The Kier molecular flexibility index (Phi) is 4.34. The van der Waals surface area contributed by atoms with Gasteiger partial charge < -0.3 is 16.0 Å². The van der Waals surface area contributed by atoms with E-state index in [4.69, 9.17) is 10.7 Å². The molecular formula is C19H25N5. The van der Waals surface area contributed by atoms with E-state index >= 15 is 0 Å². The molecule has 1 aromatic carbocycles. The summed E-state index contributed by atoms with van der Waals surface area (Å²) in [6.07, 6.45) is 7.56. The van der Waals surface area contributed by atoms with Crippen LogP contribution in [-0.4, -0.2) is 28.6 Å². The molecule has 0 spiro atoms. The minimum atomic E-state index is 0.202. The van der Waals surface area contributed by atoms with Crippen molar-refractivity contribution in [3.63, 3.8) is 0 Å². The van der Waals surface area contributed by atoms with Crippen LogP contribution < -0.4 is 16.0 Å². The van der Waals surface area contributed by atoms with Crippen molar-refractivity contribution in [1.29, 1.82) is 0 Å². The number of rotatable bonds is 3. The Morgan fingerprint density at radius 3 is 2.79 bits per heavy atom. The molecule has 0 amide bonds. The summed E-state index contributed by atoms with van der Waals surface area (Å²) in [5.41, 5.74) is 9.08. The van der Waals surface area contributed by atoms with Gasteiger partial charge in [0.05, 0.1) is 0 Å². The lowest BCUT2D eigenvalue weighted by atomic mass is 9.91. The van der Waals surface area contributed by atoms with E-state index in [1.165, 1.54) is 24.0 Å². The maximum atomic E-state index is 6.23. The molecule has 2 atom stereocenters. The Balaban J connectivity index is 1.49. The normalized spacial score (nSPS) is 23.6. The first-order valence-electron chi connectivity index (χ1n) is 8.96. The smallest absolute Gasteiger partial charge is 0.224 e.